The first kappa shape index (κ1) is 11.2. The largest absolute Gasteiger partial charge is 0.347 e. The Morgan fingerprint density at radius 2 is 1.41 bits per heavy atom. The summed E-state index contributed by atoms with van der Waals surface area (Å²) in [6.07, 6.45) is 0. The third-order valence-electron chi connectivity index (χ3n) is 1.96. The molecule has 0 fully saturated rings. The van der Waals surface area contributed by atoms with Gasteiger partial charge in [0.15, 0.2) is 0 Å². The highest BCUT2D eigenvalue weighted by Gasteiger charge is 2.13. The molecule has 2 heterocycles. The van der Waals surface area contributed by atoms with E-state index in [4.69, 9.17) is 0 Å². The summed E-state index contributed by atoms with van der Waals surface area (Å²) >= 11 is 0. The zero-order valence-corrected chi connectivity index (χ0v) is 10.1. The van der Waals surface area contributed by atoms with E-state index in [1.54, 1.807) is 9.80 Å². The van der Waals surface area contributed by atoms with E-state index in [1.807, 2.05) is 28.2 Å². The highest BCUT2D eigenvalue weighted by molar-refractivity contribution is 5.49. The van der Waals surface area contributed by atoms with Gasteiger partial charge in [-0.3, -0.25) is 0 Å². The molecule has 9 nitrogen and oxygen atoms in total. The van der Waals surface area contributed by atoms with Crippen LogP contribution in [-0.4, -0.2) is 63.8 Å². The number of tetrazole rings is 1. The normalized spacial score (nSPS) is 10.4. The van der Waals surface area contributed by atoms with Crippen molar-refractivity contribution in [1.82, 2.24) is 35.6 Å². The second kappa shape index (κ2) is 4.28. The van der Waals surface area contributed by atoms with Gasteiger partial charge in [-0.2, -0.15) is 20.2 Å². The van der Waals surface area contributed by atoms with Gasteiger partial charge in [-0.05, 0) is 5.21 Å². The summed E-state index contributed by atoms with van der Waals surface area (Å²) < 4.78 is 0. The Kier molecular flexibility index (Phi) is 2.81. The number of aromatic amines is 1. The van der Waals surface area contributed by atoms with E-state index in [0.29, 0.717) is 23.5 Å². The molecule has 90 valence electrons. The van der Waals surface area contributed by atoms with Gasteiger partial charge in [0.25, 0.3) is 0 Å². The van der Waals surface area contributed by atoms with Crippen LogP contribution in [0.25, 0.3) is 11.6 Å². The quantitative estimate of drug-likeness (QED) is 0.736. The summed E-state index contributed by atoms with van der Waals surface area (Å²) in [5, 5.41) is 13.6. The monoisotopic (exact) mass is 235 g/mol. The minimum absolute atomic E-state index is 0.346. The number of nitrogens with one attached hydrogen (secondary N) is 1. The lowest BCUT2D eigenvalue weighted by Gasteiger charge is -2.15. The third kappa shape index (κ3) is 2.27. The maximum atomic E-state index is 4.29. The molecule has 0 aliphatic carbocycles. The zero-order valence-electron chi connectivity index (χ0n) is 10.1. The Morgan fingerprint density at radius 1 is 0.824 bits per heavy atom. The summed E-state index contributed by atoms with van der Waals surface area (Å²) in [5.74, 6) is 1.83. The number of hydrogen-bond acceptors (Lipinski definition) is 8. The fraction of sp³-hybridized carbons (Fsp3) is 0.500. The van der Waals surface area contributed by atoms with Crippen LogP contribution in [0.15, 0.2) is 0 Å². The lowest BCUT2D eigenvalue weighted by molar-refractivity contribution is 0.881. The van der Waals surface area contributed by atoms with Gasteiger partial charge in [-0.1, -0.05) is 0 Å². The number of nitrogens with zero attached hydrogens (tertiary/aromatic N) is 8. The molecule has 1 N–H and O–H groups in total. The molecule has 0 aliphatic heterocycles. The molecule has 2 aromatic heterocycles. The first-order valence-electron chi connectivity index (χ1n) is 4.92. The van der Waals surface area contributed by atoms with Crippen molar-refractivity contribution in [3.63, 3.8) is 0 Å². The van der Waals surface area contributed by atoms with Crippen molar-refractivity contribution >= 4 is 11.9 Å². The summed E-state index contributed by atoms with van der Waals surface area (Å²) in [6, 6.07) is 0. The van der Waals surface area contributed by atoms with Crippen LogP contribution in [0.1, 0.15) is 0 Å². The Bertz CT molecular complexity index is 463. The fourth-order valence-electron chi connectivity index (χ4n) is 1.11. The smallest absolute Gasteiger partial charge is 0.242 e. The van der Waals surface area contributed by atoms with Crippen LogP contribution in [0.4, 0.5) is 11.9 Å². The topological polar surface area (TPSA) is 99.6 Å². The first-order valence-corrected chi connectivity index (χ1v) is 4.92. The molecule has 17 heavy (non-hydrogen) atoms. The number of H-pyrrole nitrogens is 1. The molecule has 2 aromatic rings. The van der Waals surface area contributed by atoms with Gasteiger partial charge >= 0.3 is 0 Å². The lowest BCUT2D eigenvalue weighted by atomic mass is 10.5. The molecular weight excluding hydrogens is 222 g/mol. The second-order valence-electron chi connectivity index (χ2n) is 3.78. The molecule has 0 spiro atoms. The number of rotatable bonds is 3. The molecule has 0 bridgehead atoms. The van der Waals surface area contributed by atoms with Gasteiger partial charge in [-0.15, -0.1) is 10.2 Å². The van der Waals surface area contributed by atoms with Crippen molar-refractivity contribution in [3.05, 3.63) is 0 Å². The van der Waals surface area contributed by atoms with E-state index >= 15 is 0 Å². The Labute approximate surface area is 97.9 Å². The van der Waals surface area contributed by atoms with Gasteiger partial charge in [-0.25, -0.2) is 0 Å². The third-order valence-corrected chi connectivity index (χ3v) is 1.96. The predicted octanol–water partition coefficient (Wildman–Crippen LogP) is -0.816. The van der Waals surface area contributed by atoms with Crippen molar-refractivity contribution in [2.24, 2.45) is 0 Å². The first-order chi connectivity index (χ1) is 8.08. The van der Waals surface area contributed by atoms with Crippen LogP contribution in [0.5, 0.6) is 0 Å². The molecule has 0 saturated carbocycles. The molecule has 0 radical (unpaired) electrons. The SMILES string of the molecule is CN(C)c1nc(-c2nn[nH]n2)nc(N(C)C)n1. The highest BCUT2D eigenvalue weighted by atomic mass is 15.5. The van der Waals surface area contributed by atoms with Crippen LogP contribution >= 0.6 is 0 Å². The second-order valence-corrected chi connectivity index (χ2v) is 3.78. The molecule has 0 atom stereocenters. The number of aromatic nitrogens is 7. The van der Waals surface area contributed by atoms with E-state index < -0.39 is 0 Å². The van der Waals surface area contributed by atoms with Gasteiger partial charge in [0.1, 0.15) is 0 Å². The zero-order chi connectivity index (χ0) is 12.4. The molecule has 0 unspecified atom stereocenters. The summed E-state index contributed by atoms with van der Waals surface area (Å²) in [4.78, 5) is 16.4. The molecule has 0 saturated heterocycles. The van der Waals surface area contributed by atoms with E-state index in [1.165, 1.54) is 0 Å². The molecular formula is C8H13N9. The molecule has 9 heteroatoms. The van der Waals surface area contributed by atoms with Crippen molar-refractivity contribution in [2.45, 2.75) is 0 Å². The van der Waals surface area contributed by atoms with Crippen LogP contribution < -0.4 is 9.80 Å². The Morgan fingerprint density at radius 3 is 1.82 bits per heavy atom. The maximum Gasteiger partial charge on any atom is 0.242 e. The molecule has 0 aliphatic rings. The van der Waals surface area contributed by atoms with Crippen molar-refractivity contribution in [1.29, 1.82) is 0 Å². The van der Waals surface area contributed by atoms with Crippen LogP contribution in [0.3, 0.4) is 0 Å². The van der Waals surface area contributed by atoms with Gasteiger partial charge in [0.2, 0.25) is 23.5 Å². The number of hydrogen-bond donors (Lipinski definition) is 1. The minimum Gasteiger partial charge on any atom is -0.347 e. The predicted molar refractivity (Wildman–Crippen MR) is 61.7 cm³/mol. The fourth-order valence-corrected chi connectivity index (χ4v) is 1.11. The summed E-state index contributed by atoms with van der Waals surface area (Å²) in [6.45, 7) is 0. The molecule has 0 amide bonds. The van der Waals surface area contributed by atoms with Gasteiger partial charge in [0.05, 0.1) is 0 Å². The van der Waals surface area contributed by atoms with E-state index in [-0.39, 0.29) is 0 Å². The average molecular weight is 235 g/mol. The van der Waals surface area contributed by atoms with Crippen LogP contribution in [0.2, 0.25) is 0 Å². The van der Waals surface area contributed by atoms with Crippen LogP contribution in [-0.2, 0) is 0 Å². The van der Waals surface area contributed by atoms with E-state index in [2.05, 4.69) is 35.6 Å². The highest BCUT2D eigenvalue weighted by Crippen LogP contribution is 2.15. The maximum absolute atomic E-state index is 4.29. The number of anilines is 2. The van der Waals surface area contributed by atoms with Crippen LogP contribution in [0, 0.1) is 0 Å². The minimum atomic E-state index is 0.346. The molecule has 0 aromatic carbocycles. The van der Waals surface area contributed by atoms with Crippen molar-refractivity contribution in [3.8, 4) is 11.6 Å². The van der Waals surface area contributed by atoms with E-state index in [0.717, 1.165) is 0 Å². The lowest BCUT2D eigenvalue weighted by Crippen LogP contribution is -2.19. The summed E-state index contributed by atoms with van der Waals surface area (Å²) in [5.41, 5.74) is 0. The van der Waals surface area contributed by atoms with Crippen molar-refractivity contribution in [2.75, 3.05) is 38.0 Å². The Balaban J connectivity index is 2.52. The van der Waals surface area contributed by atoms with E-state index in [9.17, 15) is 0 Å². The average Bonchev–Trinajstić information content (AvgIpc) is 2.81. The van der Waals surface area contributed by atoms with Gasteiger partial charge in [0, 0.05) is 28.2 Å². The van der Waals surface area contributed by atoms with Gasteiger partial charge < -0.3 is 9.80 Å². The Hall–Kier alpha value is -2.32. The molecule has 2 rings (SSSR count). The summed E-state index contributed by atoms with van der Waals surface area (Å²) in [7, 11) is 7.42. The van der Waals surface area contributed by atoms with Crippen molar-refractivity contribution < 1.29 is 0 Å². The standard InChI is InChI=1S/C8H13N9/c1-16(2)7-9-5(6-12-14-15-13-6)10-8(11-7)17(3)4/h1-4H3,(H,12,13,14,15).